The molecule has 3 nitrogen and oxygen atoms in total. The zero-order valence-electron chi connectivity index (χ0n) is 11.0. The van der Waals surface area contributed by atoms with E-state index in [4.69, 9.17) is 5.73 Å². The number of benzene rings is 1. The summed E-state index contributed by atoms with van der Waals surface area (Å²) >= 11 is 0. The lowest BCUT2D eigenvalue weighted by Gasteiger charge is -2.12. The highest BCUT2D eigenvalue weighted by Crippen LogP contribution is 2.13. The first-order valence-corrected chi connectivity index (χ1v) is 6.14. The van der Waals surface area contributed by atoms with E-state index in [1.807, 2.05) is 20.0 Å². The molecule has 5 heteroatoms. The lowest BCUT2D eigenvalue weighted by atomic mass is 10.0. The molecule has 1 heterocycles. The van der Waals surface area contributed by atoms with Crippen LogP contribution in [-0.2, 0) is 19.9 Å². The minimum absolute atomic E-state index is 0.227. The monoisotopic (exact) mass is 265 g/mol. The van der Waals surface area contributed by atoms with E-state index in [0.717, 1.165) is 17.5 Å². The molecule has 1 atom stereocenters. The molecule has 2 rings (SSSR count). The Morgan fingerprint density at radius 2 is 2.00 bits per heavy atom. The van der Waals surface area contributed by atoms with Gasteiger partial charge in [0, 0.05) is 31.3 Å². The van der Waals surface area contributed by atoms with Crippen LogP contribution in [0.15, 0.2) is 24.3 Å². The second kappa shape index (κ2) is 5.48. The zero-order chi connectivity index (χ0) is 14.0. The third-order valence-corrected chi connectivity index (χ3v) is 3.07. The molecule has 0 amide bonds. The molecule has 102 valence electrons. The summed E-state index contributed by atoms with van der Waals surface area (Å²) in [6, 6.07) is 5.31. The average molecular weight is 265 g/mol. The maximum Gasteiger partial charge on any atom is 0.129 e. The van der Waals surface area contributed by atoms with E-state index in [1.165, 1.54) is 12.1 Å². The van der Waals surface area contributed by atoms with Gasteiger partial charge in [-0.15, -0.1) is 0 Å². The average Bonchev–Trinajstić information content (AvgIpc) is 2.61. The van der Waals surface area contributed by atoms with Crippen molar-refractivity contribution in [1.29, 1.82) is 0 Å². The van der Waals surface area contributed by atoms with Gasteiger partial charge in [0.25, 0.3) is 0 Å². The smallest absolute Gasteiger partial charge is 0.129 e. The zero-order valence-corrected chi connectivity index (χ0v) is 11.0. The predicted molar refractivity (Wildman–Crippen MR) is 69.7 cm³/mol. The van der Waals surface area contributed by atoms with Crippen molar-refractivity contribution >= 4 is 0 Å². The van der Waals surface area contributed by atoms with Crippen molar-refractivity contribution in [3.8, 4) is 0 Å². The van der Waals surface area contributed by atoms with Crippen LogP contribution in [-0.4, -0.2) is 15.8 Å². The second-order valence-corrected chi connectivity index (χ2v) is 4.80. The largest absolute Gasteiger partial charge is 0.327 e. The fourth-order valence-corrected chi connectivity index (χ4v) is 2.17. The van der Waals surface area contributed by atoms with Gasteiger partial charge in [-0.05, 0) is 31.0 Å². The maximum atomic E-state index is 13.5. The van der Waals surface area contributed by atoms with E-state index < -0.39 is 11.6 Å². The Labute approximate surface area is 111 Å². The van der Waals surface area contributed by atoms with Crippen molar-refractivity contribution in [3.63, 3.8) is 0 Å². The number of aromatic nitrogens is 2. The summed E-state index contributed by atoms with van der Waals surface area (Å²) in [6.45, 7) is 1.91. The number of nitrogens with two attached hydrogens (primary N) is 1. The van der Waals surface area contributed by atoms with Crippen LogP contribution >= 0.6 is 0 Å². The molecule has 0 spiro atoms. The predicted octanol–water partition coefficient (Wildman–Crippen LogP) is 2.12. The lowest BCUT2D eigenvalue weighted by molar-refractivity contribution is 0.552. The van der Waals surface area contributed by atoms with Gasteiger partial charge in [-0.3, -0.25) is 4.68 Å². The Morgan fingerprint density at radius 3 is 2.58 bits per heavy atom. The summed E-state index contributed by atoms with van der Waals surface area (Å²) < 4.78 is 28.1. The van der Waals surface area contributed by atoms with Crippen LogP contribution in [0, 0.1) is 18.6 Å². The van der Waals surface area contributed by atoms with Crippen LogP contribution < -0.4 is 5.73 Å². The molecule has 2 N–H and O–H groups in total. The molecule has 0 saturated carbocycles. The van der Waals surface area contributed by atoms with Gasteiger partial charge in [-0.1, -0.05) is 6.07 Å². The highest BCUT2D eigenvalue weighted by molar-refractivity contribution is 5.20. The highest BCUT2D eigenvalue weighted by atomic mass is 19.1. The first-order valence-electron chi connectivity index (χ1n) is 6.14. The topological polar surface area (TPSA) is 43.8 Å². The van der Waals surface area contributed by atoms with Gasteiger partial charge in [0.05, 0.1) is 5.69 Å². The van der Waals surface area contributed by atoms with Crippen molar-refractivity contribution in [3.05, 3.63) is 52.9 Å². The minimum Gasteiger partial charge on any atom is -0.327 e. The first kappa shape index (κ1) is 13.7. The van der Waals surface area contributed by atoms with E-state index in [2.05, 4.69) is 5.10 Å². The van der Waals surface area contributed by atoms with Crippen LogP contribution in [0.5, 0.6) is 0 Å². The van der Waals surface area contributed by atoms with Crippen LogP contribution in [0.1, 0.15) is 17.0 Å². The molecule has 0 radical (unpaired) electrons. The number of hydrogen-bond donors (Lipinski definition) is 1. The minimum atomic E-state index is -0.572. The Bertz CT molecular complexity index is 578. The van der Waals surface area contributed by atoms with E-state index in [1.54, 1.807) is 4.68 Å². The standard InChI is InChI=1S/C14H17F2N3/c1-9-5-13(19(2)18-9)8-12(17)6-10-3-4-11(15)7-14(10)16/h3-5,7,12H,6,8,17H2,1-2H3. The molecule has 0 bridgehead atoms. The summed E-state index contributed by atoms with van der Waals surface area (Å²) in [6.07, 6.45) is 0.977. The summed E-state index contributed by atoms with van der Waals surface area (Å²) in [5.74, 6) is -1.12. The molecule has 0 aliphatic carbocycles. The van der Waals surface area contributed by atoms with E-state index >= 15 is 0 Å². The van der Waals surface area contributed by atoms with Gasteiger partial charge in [0.15, 0.2) is 0 Å². The fourth-order valence-electron chi connectivity index (χ4n) is 2.17. The Morgan fingerprint density at radius 1 is 1.26 bits per heavy atom. The Kier molecular flexibility index (Phi) is 3.95. The molecular weight excluding hydrogens is 248 g/mol. The van der Waals surface area contributed by atoms with Gasteiger partial charge < -0.3 is 5.73 Å². The molecule has 0 saturated heterocycles. The molecular formula is C14H17F2N3. The second-order valence-electron chi connectivity index (χ2n) is 4.80. The SMILES string of the molecule is Cc1cc(CC(N)Cc2ccc(F)cc2F)n(C)n1. The number of halogens is 2. The van der Waals surface area contributed by atoms with Gasteiger partial charge in [-0.2, -0.15) is 5.10 Å². The first-order chi connectivity index (χ1) is 8.95. The maximum absolute atomic E-state index is 13.5. The summed E-state index contributed by atoms with van der Waals surface area (Å²) in [4.78, 5) is 0. The third-order valence-electron chi connectivity index (χ3n) is 3.07. The summed E-state index contributed by atoms with van der Waals surface area (Å²) in [5.41, 5.74) is 8.39. The van der Waals surface area contributed by atoms with Crippen LogP contribution in [0.4, 0.5) is 8.78 Å². The molecule has 0 fully saturated rings. The van der Waals surface area contributed by atoms with E-state index in [0.29, 0.717) is 18.4 Å². The summed E-state index contributed by atoms with van der Waals surface area (Å²) in [7, 11) is 1.85. The van der Waals surface area contributed by atoms with Gasteiger partial charge in [-0.25, -0.2) is 8.78 Å². The number of aryl methyl sites for hydroxylation is 2. The van der Waals surface area contributed by atoms with Crippen molar-refractivity contribution in [1.82, 2.24) is 9.78 Å². The van der Waals surface area contributed by atoms with Gasteiger partial charge in [0.2, 0.25) is 0 Å². The normalized spacial score (nSPS) is 12.7. The number of rotatable bonds is 4. The van der Waals surface area contributed by atoms with Gasteiger partial charge >= 0.3 is 0 Å². The fraction of sp³-hybridized carbons (Fsp3) is 0.357. The third kappa shape index (κ3) is 3.38. The number of hydrogen-bond acceptors (Lipinski definition) is 2. The van der Waals surface area contributed by atoms with Crippen LogP contribution in [0.2, 0.25) is 0 Å². The highest BCUT2D eigenvalue weighted by Gasteiger charge is 2.12. The molecule has 2 aromatic rings. The summed E-state index contributed by atoms with van der Waals surface area (Å²) in [5, 5.41) is 4.24. The number of nitrogens with zero attached hydrogens (tertiary/aromatic N) is 2. The van der Waals surface area contributed by atoms with Crippen molar-refractivity contribution in [2.75, 3.05) is 0 Å². The molecule has 1 aromatic carbocycles. The Hall–Kier alpha value is -1.75. The molecule has 1 aromatic heterocycles. The van der Waals surface area contributed by atoms with E-state index in [-0.39, 0.29) is 6.04 Å². The van der Waals surface area contributed by atoms with Crippen LogP contribution in [0.3, 0.4) is 0 Å². The van der Waals surface area contributed by atoms with E-state index in [9.17, 15) is 8.78 Å². The molecule has 0 aliphatic heterocycles. The quantitative estimate of drug-likeness (QED) is 0.920. The lowest BCUT2D eigenvalue weighted by Crippen LogP contribution is -2.27. The molecule has 19 heavy (non-hydrogen) atoms. The van der Waals surface area contributed by atoms with Crippen molar-refractivity contribution < 1.29 is 8.78 Å². The molecule has 1 unspecified atom stereocenters. The Balaban J connectivity index is 2.05. The van der Waals surface area contributed by atoms with Gasteiger partial charge in [0.1, 0.15) is 11.6 Å². The van der Waals surface area contributed by atoms with Crippen LogP contribution in [0.25, 0.3) is 0 Å². The van der Waals surface area contributed by atoms with Crippen molar-refractivity contribution in [2.45, 2.75) is 25.8 Å². The van der Waals surface area contributed by atoms with Crippen molar-refractivity contribution in [2.24, 2.45) is 12.8 Å². The molecule has 0 aliphatic rings.